The molecule has 3 heteroatoms. The smallest absolute Gasteiger partial charge is 0.154 e. The molecular formula is C23H34O2S. The second-order valence-corrected chi connectivity index (χ2v) is 13.0. The predicted octanol–water partition coefficient (Wildman–Crippen LogP) is 5.48. The largest absolute Gasteiger partial charge is 0.228 e. The molecule has 0 aliphatic heterocycles. The molecule has 0 radical (unpaired) electrons. The molecule has 0 heterocycles. The lowest BCUT2D eigenvalue weighted by molar-refractivity contribution is -0.104. The molecule has 2 atom stereocenters. The van der Waals surface area contributed by atoms with Gasteiger partial charge in [-0.1, -0.05) is 51.1 Å². The van der Waals surface area contributed by atoms with Crippen molar-refractivity contribution in [2.45, 2.75) is 65.0 Å². The average molecular weight is 375 g/mol. The first kappa shape index (κ1) is 18.5. The van der Waals surface area contributed by atoms with Crippen molar-refractivity contribution in [2.24, 2.45) is 34.5 Å². The maximum absolute atomic E-state index is 12.9. The summed E-state index contributed by atoms with van der Waals surface area (Å²) in [6, 6.07) is 9.69. The van der Waals surface area contributed by atoms with Gasteiger partial charge in [0.25, 0.3) is 0 Å². The zero-order valence-corrected chi connectivity index (χ0v) is 17.4. The van der Waals surface area contributed by atoms with E-state index in [0.717, 1.165) is 11.5 Å². The summed E-state index contributed by atoms with van der Waals surface area (Å²) in [5, 5.41) is 0. The third kappa shape index (κ3) is 3.88. The van der Waals surface area contributed by atoms with Crippen LogP contribution in [-0.4, -0.2) is 14.2 Å². The lowest BCUT2D eigenvalue weighted by Crippen LogP contribution is -2.53. The van der Waals surface area contributed by atoms with Gasteiger partial charge in [-0.3, -0.25) is 0 Å². The summed E-state index contributed by atoms with van der Waals surface area (Å²) in [7, 11) is -3.03. The number of hydrogen-bond acceptors (Lipinski definition) is 2. The van der Waals surface area contributed by atoms with E-state index in [4.69, 9.17) is 0 Å². The minimum Gasteiger partial charge on any atom is -0.228 e. The summed E-state index contributed by atoms with van der Waals surface area (Å²) in [5.74, 6) is 3.19. The molecule has 0 spiro atoms. The van der Waals surface area contributed by atoms with E-state index >= 15 is 0 Å². The monoisotopic (exact) mass is 374 g/mol. The third-order valence-corrected chi connectivity index (χ3v) is 8.84. The van der Waals surface area contributed by atoms with Crippen LogP contribution < -0.4 is 0 Å². The average Bonchev–Trinajstić information content (AvgIpc) is 2.48. The summed E-state index contributed by atoms with van der Waals surface area (Å²) in [4.78, 5) is 0. The van der Waals surface area contributed by atoms with Gasteiger partial charge in [0.1, 0.15) is 0 Å². The zero-order valence-electron chi connectivity index (χ0n) is 16.6. The van der Waals surface area contributed by atoms with Gasteiger partial charge in [0.2, 0.25) is 0 Å². The summed E-state index contributed by atoms with van der Waals surface area (Å²) in [5.41, 5.74) is 1.81. The Labute approximate surface area is 159 Å². The quantitative estimate of drug-likeness (QED) is 0.684. The van der Waals surface area contributed by atoms with E-state index in [-0.39, 0.29) is 5.75 Å². The Morgan fingerprint density at radius 3 is 2.19 bits per heavy atom. The summed E-state index contributed by atoms with van der Waals surface area (Å²) in [6.07, 6.45) is 7.85. The molecule has 0 saturated heterocycles. The highest BCUT2D eigenvalue weighted by atomic mass is 32.2. The van der Waals surface area contributed by atoms with Gasteiger partial charge in [0.15, 0.2) is 9.84 Å². The second-order valence-electron chi connectivity index (χ2n) is 10.9. The SMILES string of the molecule is CC(C)(C)CC12CC3CC(C1)C(CS(=O)(=O)Cc1ccccc1)C(C3)C2. The lowest BCUT2D eigenvalue weighted by Gasteiger charge is -2.61. The van der Waals surface area contributed by atoms with Gasteiger partial charge in [-0.25, -0.2) is 8.42 Å². The standard InChI is InChI=1S/C23H34O2S/c1-22(2,3)16-23-11-18-9-19(12-23)21(20(10-18)13-23)15-26(24,25)14-17-7-5-4-6-8-17/h4-8,18-21H,9-16H2,1-3H3. The van der Waals surface area contributed by atoms with Crippen LogP contribution in [0.25, 0.3) is 0 Å². The normalized spacial score (nSPS) is 36.4. The first-order chi connectivity index (χ1) is 12.1. The minimum absolute atomic E-state index is 0.209. The van der Waals surface area contributed by atoms with Crippen molar-refractivity contribution in [3.05, 3.63) is 35.9 Å². The molecule has 5 rings (SSSR count). The maximum Gasteiger partial charge on any atom is 0.154 e. The van der Waals surface area contributed by atoms with Gasteiger partial charge in [-0.2, -0.15) is 0 Å². The lowest BCUT2D eigenvalue weighted by atomic mass is 9.44. The van der Waals surface area contributed by atoms with Crippen molar-refractivity contribution in [3.8, 4) is 0 Å². The first-order valence-corrected chi connectivity index (χ1v) is 12.2. The van der Waals surface area contributed by atoms with E-state index in [1.54, 1.807) is 0 Å². The third-order valence-electron chi connectivity index (χ3n) is 7.18. The van der Waals surface area contributed by atoms with Crippen LogP contribution in [0.15, 0.2) is 30.3 Å². The van der Waals surface area contributed by atoms with Crippen LogP contribution in [-0.2, 0) is 15.6 Å². The molecule has 2 unspecified atom stereocenters. The van der Waals surface area contributed by atoms with Crippen molar-refractivity contribution in [3.63, 3.8) is 0 Å². The summed E-state index contributed by atoms with van der Waals surface area (Å²) < 4.78 is 25.8. The van der Waals surface area contributed by atoms with E-state index < -0.39 is 9.84 Å². The first-order valence-electron chi connectivity index (χ1n) is 10.4. The molecule has 4 saturated carbocycles. The Hall–Kier alpha value is -0.830. The molecule has 4 aliphatic carbocycles. The summed E-state index contributed by atoms with van der Waals surface area (Å²) >= 11 is 0. The van der Waals surface area contributed by atoms with Crippen molar-refractivity contribution < 1.29 is 8.42 Å². The highest BCUT2D eigenvalue weighted by Crippen LogP contribution is 2.65. The maximum atomic E-state index is 12.9. The van der Waals surface area contributed by atoms with E-state index in [2.05, 4.69) is 20.8 Å². The molecule has 26 heavy (non-hydrogen) atoms. The van der Waals surface area contributed by atoms with Crippen LogP contribution in [0.5, 0.6) is 0 Å². The van der Waals surface area contributed by atoms with Crippen LogP contribution >= 0.6 is 0 Å². The van der Waals surface area contributed by atoms with Gasteiger partial charge >= 0.3 is 0 Å². The van der Waals surface area contributed by atoms with E-state index in [0.29, 0.717) is 34.3 Å². The summed E-state index contributed by atoms with van der Waals surface area (Å²) in [6.45, 7) is 7.11. The second kappa shape index (κ2) is 6.36. The van der Waals surface area contributed by atoms with Crippen molar-refractivity contribution in [1.82, 2.24) is 0 Å². The Morgan fingerprint density at radius 1 is 1.00 bits per heavy atom. The predicted molar refractivity (Wildman–Crippen MR) is 107 cm³/mol. The number of benzene rings is 1. The topological polar surface area (TPSA) is 34.1 Å². The van der Waals surface area contributed by atoms with Crippen LogP contribution in [0.3, 0.4) is 0 Å². The van der Waals surface area contributed by atoms with Gasteiger partial charge in [0, 0.05) is 0 Å². The van der Waals surface area contributed by atoms with Crippen molar-refractivity contribution >= 4 is 9.84 Å². The van der Waals surface area contributed by atoms with Crippen LogP contribution in [0, 0.1) is 34.5 Å². The molecule has 4 fully saturated rings. The van der Waals surface area contributed by atoms with Crippen LogP contribution in [0.1, 0.15) is 64.9 Å². The van der Waals surface area contributed by atoms with Crippen LogP contribution in [0.4, 0.5) is 0 Å². The van der Waals surface area contributed by atoms with Crippen molar-refractivity contribution in [1.29, 1.82) is 0 Å². The Bertz CT molecular complexity index is 728. The fraction of sp³-hybridized carbons (Fsp3) is 0.739. The number of rotatable bonds is 5. The Balaban J connectivity index is 1.48. The highest BCUT2D eigenvalue weighted by molar-refractivity contribution is 7.90. The molecule has 144 valence electrons. The van der Waals surface area contributed by atoms with Gasteiger partial charge in [-0.15, -0.1) is 0 Å². The highest BCUT2D eigenvalue weighted by Gasteiger charge is 2.56. The van der Waals surface area contributed by atoms with Crippen molar-refractivity contribution in [2.75, 3.05) is 5.75 Å². The van der Waals surface area contributed by atoms with Gasteiger partial charge in [0.05, 0.1) is 11.5 Å². The van der Waals surface area contributed by atoms with E-state index in [1.165, 1.54) is 38.5 Å². The fourth-order valence-corrected chi connectivity index (χ4v) is 9.04. The molecule has 1 aromatic carbocycles. The zero-order chi connectivity index (χ0) is 18.6. The van der Waals surface area contributed by atoms with Gasteiger partial charge in [-0.05, 0) is 78.6 Å². The molecule has 0 N–H and O–H groups in total. The molecule has 1 aromatic rings. The molecule has 0 amide bonds. The Kier molecular flexibility index (Phi) is 4.53. The number of sulfone groups is 1. The fourth-order valence-electron chi connectivity index (χ4n) is 7.09. The molecule has 2 nitrogen and oxygen atoms in total. The molecular weight excluding hydrogens is 340 g/mol. The van der Waals surface area contributed by atoms with E-state index in [9.17, 15) is 8.42 Å². The van der Waals surface area contributed by atoms with Crippen LogP contribution in [0.2, 0.25) is 0 Å². The Morgan fingerprint density at radius 2 is 1.62 bits per heavy atom. The number of hydrogen-bond donors (Lipinski definition) is 0. The van der Waals surface area contributed by atoms with Gasteiger partial charge < -0.3 is 0 Å². The molecule has 4 bridgehead atoms. The molecule has 4 aliphatic rings. The van der Waals surface area contributed by atoms with E-state index in [1.807, 2.05) is 30.3 Å². The molecule has 0 aromatic heterocycles. The minimum atomic E-state index is -3.03.